The molecular formula is C31H38N9O+. The molecule has 2 aromatic heterocycles. The fourth-order valence-corrected chi connectivity index (χ4v) is 6.86. The van der Waals surface area contributed by atoms with Crippen molar-refractivity contribution in [2.24, 2.45) is 0 Å². The van der Waals surface area contributed by atoms with Gasteiger partial charge in [0.25, 0.3) is 0 Å². The number of carbonyl (C=O) groups is 1. The van der Waals surface area contributed by atoms with Gasteiger partial charge in [-0.05, 0) is 73.2 Å². The van der Waals surface area contributed by atoms with E-state index in [1.54, 1.807) is 23.9 Å². The number of aromatic nitrogens is 4. The van der Waals surface area contributed by atoms with Crippen molar-refractivity contribution in [2.75, 3.05) is 12.4 Å². The number of hydrogen-bond donors (Lipinski definition) is 3. The Hall–Kier alpha value is -4.26. The first-order chi connectivity index (χ1) is 20.0. The quantitative estimate of drug-likeness (QED) is 0.282. The van der Waals surface area contributed by atoms with E-state index in [0.717, 1.165) is 50.6 Å². The number of nitriles is 1. The molecular weight excluding hydrogens is 514 g/mol. The number of anilines is 2. The number of carbonyl (C=O) groups excluding carboxylic acids is 1. The van der Waals surface area contributed by atoms with Crippen LogP contribution in [0.2, 0.25) is 0 Å². The van der Waals surface area contributed by atoms with Crippen LogP contribution in [0, 0.1) is 11.3 Å². The van der Waals surface area contributed by atoms with E-state index in [-0.39, 0.29) is 18.1 Å². The molecule has 0 radical (unpaired) electrons. The lowest BCUT2D eigenvalue weighted by Gasteiger charge is -2.39. The van der Waals surface area contributed by atoms with Gasteiger partial charge in [0.05, 0.1) is 18.7 Å². The molecule has 3 unspecified atom stereocenters. The van der Waals surface area contributed by atoms with Crippen LogP contribution in [0.25, 0.3) is 0 Å². The molecule has 41 heavy (non-hydrogen) atoms. The summed E-state index contributed by atoms with van der Waals surface area (Å²) >= 11 is 0. The number of aromatic amines is 1. The second kappa shape index (κ2) is 11.7. The van der Waals surface area contributed by atoms with Gasteiger partial charge in [-0.1, -0.05) is 30.3 Å². The molecule has 2 fully saturated rings. The van der Waals surface area contributed by atoms with Gasteiger partial charge in [0.2, 0.25) is 5.82 Å². The third-order valence-electron chi connectivity index (χ3n) is 8.87. The molecule has 2 amide bonds. The Morgan fingerprint density at radius 1 is 1.07 bits per heavy atom. The van der Waals surface area contributed by atoms with Crippen LogP contribution < -0.4 is 10.6 Å². The Morgan fingerprint density at radius 2 is 1.90 bits per heavy atom. The van der Waals surface area contributed by atoms with E-state index in [1.165, 1.54) is 30.4 Å². The Morgan fingerprint density at radius 3 is 2.71 bits per heavy atom. The van der Waals surface area contributed by atoms with E-state index in [4.69, 9.17) is 0 Å². The number of benzene rings is 1. The molecule has 2 heterocycles. The molecule has 6 rings (SSSR count). The topological polar surface area (TPSA) is 126 Å². The summed E-state index contributed by atoms with van der Waals surface area (Å²) in [6.07, 6.45) is 12.0. The summed E-state index contributed by atoms with van der Waals surface area (Å²) in [4.78, 5) is 24.8. The summed E-state index contributed by atoms with van der Waals surface area (Å²) in [5.41, 5.74) is 4.18. The molecule has 0 spiro atoms. The molecule has 3 aromatic rings. The number of hydrogen-bond acceptors (Lipinski definition) is 6. The maximum atomic E-state index is 13.9. The average molecular weight is 553 g/mol. The summed E-state index contributed by atoms with van der Waals surface area (Å²) in [5.74, 6) is 2.21. The molecule has 0 saturated heterocycles. The minimum Gasteiger partial charge on any atom is -0.335 e. The Labute approximate surface area is 240 Å². The first-order valence-electron chi connectivity index (χ1n) is 14.8. The number of nitrogens with one attached hydrogen (secondary N) is 3. The lowest BCUT2D eigenvalue weighted by atomic mass is 9.92. The van der Waals surface area contributed by atoms with E-state index < -0.39 is 0 Å². The van der Waals surface area contributed by atoms with Gasteiger partial charge < -0.3 is 15.5 Å². The van der Waals surface area contributed by atoms with E-state index in [9.17, 15) is 10.1 Å². The predicted molar refractivity (Wildman–Crippen MR) is 157 cm³/mol. The second-order valence-electron chi connectivity index (χ2n) is 11.8. The normalized spacial score (nSPS) is 22.1. The minimum absolute atomic E-state index is 0.0709. The third kappa shape index (κ3) is 5.94. The maximum absolute atomic E-state index is 13.9. The van der Waals surface area contributed by atoms with E-state index in [1.807, 2.05) is 18.2 Å². The highest BCUT2D eigenvalue weighted by atomic mass is 16.2. The van der Waals surface area contributed by atoms with Crippen LogP contribution >= 0.6 is 0 Å². The zero-order chi connectivity index (χ0) is 28.3. The van der Waals surface area contributed by atoms with Gasteiger partial charge in [0, 0.05) is 48.6 Å². The van der Waals surface area contributed by atoms with Crippen LogP contribution in [0.5, 0.6) is 0 Å². The standard InChI is InChI=1S/C31H37N9O/c1-39(2)30-33-13-12-28(36-30)35-29-18-27(37-38-29)22-10-11-26(17-22)40(25-6-4-3-5-7-25)31(41)34-24-15-21-9-8-20(19-32)14-23(21)16-24/h8-9,12-14,18,22,24-26H,1,3-7,10-11,15-17H2,2H3,(H2-,33,34,35,36,37,38,41)/p+1. The molecule has 212 valence electrons. The highest BCUT2D eigenvalue weighted by Gasteiger charge is 2.38. The largest absolute Gasteiger partial charge is 0.434 e. The minimum atomic E-state index is 0.0709. The highest BCUT2D eigenvalue weighted by molar-refractivity contribution is 5.75. The van der Waals surface area contributed by atoms with Crippen molar-refractivity contribution >= 4 is 30.3 Å². The number of H-pyrrole nitrogens is 1. The third-order valence-corrected chi connectivity index (χ3v) is 8.87. The van der Waals surface area contributed by atoms with Crippen molar-refractivity contribution < 1.29 is 9.37 Å². The van der Waals surface area contributed by atoms with Crippen LogP contribution in [0.1, 0.15) is 79.7 Å². The van der Waals surface area contributed by atoms with Gasteiger partial charge in [0.1, 0.15) is 6.20 Å². The maximum Gasteiger partial charge on any atom is 0.434 e. The number of urea groups is 1. The van der Waals surface area contributed by atoms with Gasteiger partial charge in [0.15, 0.2) is 5.82 Å². The van der Waals surface area contributed by atoms with Crippen LogP contribution in [0.3, 0.4) is 0 Å². The Bertz CT molecular complexity index is 1470. The van der Waals surface area contributed by atoms with E-state index in [0.29, 0.717) is 35.1 Å². The molecule has 0 aliphatic heterocycles. The van der Waals surface area contributed by atoms with Crippen molar-refractivity contribution in [2.45, 2.75) is 88.3 Å². The number of nitrogens with zero attached hydrogens (tertiary/aromatic N) is 6. The van der Waals surface area contributed by atoms with Crippen LogP contribution in [0.15, 0.2) is 36.5 Å². The fourth-order valence-electron chi connectivity index (χ4n) is 6.86. The first kappa shape index (κ1) is 26.9. The molecule has 10 heteroatoms. The van der Waals surface area contributed by atoms with Crippen molar-refractivity contribution in [3.63, 3.8) is 0 Å². The average Bonchev–Trinajstić information content (AvgIpc) is 3.73. The van der Waals surface area contributed by atoms with Crippen molar-refractivity contribution in [1.82, 2.24) is 30.4 Å². The molecule has 3 N–H and O–H groups in total. The summed E-state index contributed by atoms with van der Waals surface area (Å²) in [6, 6.07) is 12.6. The van der Waals surface area contributed by atoms with E-state index >= 15 is 0 Å². The lowest BCUT2D eigenvalue weighted by Crippen LogP contribution is -2.53. The summed E-state index contributed by atoms with van der Waals surface area (Å²) in [6.45, 7) is 3.84. The van der Waals surface area contributed by atoms with Gasteiger partial charge in [-0.15, -0.1) is 0 Å². The summed E-state index contributed by atoms with van der Waals surface area (Å²) in [5, 5.41) is 23.6. The monoisotopic (exact) mass is 552 g/mol. The van der Waals surface area contributed by atoms with Crippen LogP contribution in [0.4, 0.5) is 22.4 Å². The summed E-state index contributed by atoms with van der Waals surface area (Å²) < 4.78 is 1.62. The zero-order valence-electron chi connectivity index (χ0n) is 23.6. The Kier molecular flexibility index (Phi) is 7.68. The summed E-state index contributed by atoms with van der Waals surface area (Å²) in [7, 11) is 1.80. The van der Waals surface area contributed by atoms with Crippen LogP contribution in [-0.4, -0.2) is 67.6 Å². The second-order valence-corrected chi connectivity index (χ2v) is 11.8. The van der Waals surface area contributed by atoms with Crippen molar-refractivity contribution in [1.29, 1.82) is 5.26 Å². The predicted octanol–water partition coefficient (Wildman–Crippen LogP) is 4.94. The lowest BCUT2D eigenvalue weighted by molar-refractivity contribution is -0.403. The fraction of sp³-hybridized carbons (Fsp3) is 0.484. The molecule has 2 saturated carbocycles. The molecule has 3 atom stereocenters. The molecule has 3 aliphatic rings. The van der Waals surface area contributed by atoms with Gasteiger partial charge in [-0.3, -0.25) is 5.10 Å². The van der Waals surface area contributed by atoms with Crippen molar-refractivity contribution in [3.05, 3.63) is 58.9 Å². The zero-order valence-corrected chi connectivity index (χ0v) is 23.6. The molecule has 3 aliphatic carbocycles. The van der Waals surface area contributed by atoms with Gasteiger partial charge in [-0.2, -0.15) is 10.4 Å². The highest BCUT2D eigenvalue weighted by Crippen LogP contribution is 2.39. The molecule has 1 aromatic carbocycles. The van der Waals surface area contributed by atoms with Gasteiger partial charge in [-0.25, -0.2) is 9.37 Å². The van der Waals surface area contributed by atoms with Crippen molar-refractivity contribution in [3.8, 4) is 6.07 Å². The number of rotatable bonds is 7. The Balaban J connectivity index is 1.12. The number of fused-ring (bicyclic) bond motifs is 1. The number of amides is 2. The first-order valence-corrected chi connectivity index (χ1v) is 14.8. The molecule has 10 nitrogen and oxygen atoms in total. The molecule has 0 bridgehead atoms. The van der Waals surface area contributed by atoms with Crippen LogP contribution in [-0.2, 0) is 12.8 Å². The van der Waals surface area contributed by atoms with E-state index in [2.05, 4.69) is 54.6 Å². The smallest absolute Gasteiger partial charge is 0.335 e. The van der Waals surface area contributed by atoms with Gasteiger partial charge >= 0.3 is 12.0 Å². The SMILES string of the molecule is C=[N+](C)c1nccc(Nc2cc(C3CCC(N(C(=O)NC4Cc5ccc(C#N)cc5C4)C4CCCCC4)C3)[nH]n2)n1.